The summed E-state index contributed by atoms with van der Waals surface area (Å²) in [5.41, 5.74) is -1.49. The first-order valence-electron chi connectivity index (χ1n) is 5.92. The van der Waals surface area contributed by atoms with E-state index in [-0.39, 0.29) is 5.39 Å². The van der Waals surface area contributed by atoms with E-state index in [2.05, 4.69) is 4.74 Å². The van der Waals surface area contributed by atoms with Crippen LogP contribution in [0.5, 0.6) is 5.75 Å². The van der Waals surface area contributed by atoms with Gasteiger partial charge in [-0.2, -0.15) is 30.7 Å². The molecular weight excluding hydrogens is 317 g/mol. The zero-order valence-corrected chi connectivity index (χ0v) is 11.0. The molecule has 8 heteroatoms. The van der Waals surface area contributed by atoms with Crippen molar-refractivity contribution in [3.05, 3.63) is 42.0 Å². The molecule has 0 heterocycles. The van der Waals surface area contributed by atoms with Crippen LogP contribution in [-0.4, -0.2) is 19.2 Å². The lowest BCUT2D eigenvalue weighted by Gasteiger charge is -2.30. The van der Waals surface area contributed by atoms with E-state index in [4.69, 9.17) is 0 Å². The standard InChI is InChI=1S/C14H9F7O/c1-22-10-7-6-8-4-2-3-5-9(8)11(10)12(15,16)13(17,18)14(19,20)21/h2-7H,1H3. The SMILES string of the molecule is COc1ccc2ccccc2c1C(F)(F)C(F)(F)C(F)(F)F. The fraction of sp³-hybridized carbons (Fsp3) is 0.286. The Morgan fingerprint density at radius 2 is 1.41 bits per heavy atom. The Bertz CT molecular complexity index is 691. The number of methoxy groups -OCH3 is 1. The summed E-state index contributed by atoms with van der Waals surface area (Å²) in [4.78, 5) is 0. The van der Waals surface area contributed by atoms with Gasteiger partial charge >= 0.3 is 18.0 Å². The molecule has 0 amide bonds. The Morgan fingerprint density at radius 3 is 1.95 bits per heavy atom. The number of benzene rings is 2. The van der Waals surface area contributed by atoms with Crippen molar-refractivity contribution in [1.29, 1.82) is 0 Å². The van der Waals surface area contributed by atoms with E-state index in [1.54, 1.807) is 0 Å². The van der Waals surface area contributed by atoms with Crippen LogP contribution in [0.4, 0.5) is 30.7 Å². The molecule has 0 bridgehead atoms. The fourth-order valence-corrected chi connectivity index (χ4v) is 2.08. The van der Waals surface area contributed by atoms with Crippen LogP contribution in [0.1, 0.15) is 5.56 Å². The Hall–Kier alpha value is -1.99. The summed E-state index contributed by atoms with van der Waals surface area (Å²) >= 11 is 0. The summed E-state index contributed by atoms with van der Waals surface area (Å²) in [6, 6.07) is 7.27. The van der Waals surface area contributed by atoms with Gasteiger partial charge in [0, 0.05) is 0 Å². The van der Waals surface area contributed by atoms with Crippen molar-refractivity contribution in [2.75, 3.05) is 7.11 Å². The van der Waals surface area contributed by atoms with Crippen LogP contribution in [0.15, 0.2) is 36.4 Å². The molecule has 0 aliphatic rings. The highest BCUT2D eigenvalue weighted by Crippen LogP contribution is 2.55. The van der Waals surface area contributed by atoms with Gasteiger partial charge in [0.05, 0.1) is 12.7 Å². The molecule has 0 saturated carbocycles. The van der Waals surface area contributed by atoms with Gasteiger partial charge < -0.3 is 4.74 Å². The third-order valence-corrected chi connectivity index (χ3v) is 3.18. The minimum atomic E-state index is -6.40. The van der Waals surface area contributed by atoms with E-state index in [1.165, 1.54) is 24.3 Å². The lowest BCUT2D eigenvalue weighted by molar-refractivity contribution is -0.359. The zero-order valence-electron chi connectivity index (χ0n) is 11.0. The average molecular weight is 326 g/mol. The number of hydrogen-bond donors (Lipinski definition) is 0. The quantitative estimate of drug-likeness (QED) is 0.710. The Kier molecular flexibility index (Phi) is 3.75. The normalized spacial score (nSPS) is 13.5. The predicted octanol–water partition coefficient (Wildman–Crippen LogP) is 5.14. The molecule has 0 fully saturated rings. The zero-order chi connectivity index (χ0) is 16.8. The number of fused-ring (bicyclic) bond motifs is 1. The van der Waals surface area contributed by atoms with Crippen LogP contribution in [0, 0.1) is 0 Å². The van der Waals surface area contributed by atoms with Crippen molar-refractivity contribution in [1.82, 2.24) is 0 Å². The van der Waals surface area contributed by atoms with Crippen molar-refractivity contribution in [2.24, 2.45) is 0 Å². The molecular formula is C14H9F7O. The molecule has 0 spiro atoms. The second-order valence-corrected chi connectivity index (χ2v) is 4.51. The van der Waals surface area contributed by atoms with Gasteiger partial charge in [-0.05, 0) is 16.8 Å². The highest BCUT2D eigenvalue weighted by Gasteiger charge is 2.74. The lowest BCUT2D eigenvalue weighted by atomic mass is 9.94. The summed E-state index contributed by atoms with van der Waals surface area (Å²) in [5, 5.41) is -0.341. The molecule has 0 atom stereocenters. The summed E-state index contributed by atoms with van der Waals surface area (Å²) in [7, 11) is 0.912. The van der Waals surface area contributed by atoms with Crippen LogP contribution >= 0.6 is 0 Å². The molecule has 2 rings (SSSR count). The molecule has 2 aromatic carbocycles. The van der Waals surface area contributed by atoms with E-state index in [0.717, 1.165) is 19.2 Å². The molecule has 0 aromatic heterocycles. The number of ether oxygens (including phenoxy) is 1. The molecule has 0 aliphatic carbocycles. The molecule has 0 N–H and O–H groups in total. The summed E-state index contributed by atoms with van der Waals surface area (Å²) in [6.45, 7) is 0. The number of halogens is 7. The molecule has 1 nitrogen and oxygen atoms in total. The summed E-state index contributed by atoms with van der Waals surface area (Å²) in [5.74, 6) is -12.5. The topological polar surface area (TPSA) is 9.23 Å². The van der Waals surface area contributed by atoms with Crippen LogP contribution in [0.25, 0.3) is 10.8 Å². The van der Waals surface area contributed by atoms with Gasteiger partial charge in [-0.1, -0.05) is 30.3 Å². The van der Waals surface area contributed by atoms with Gasteiger partial charge in [0.1, 0.15) is 5.75 Å². The van der Waals surface area contributed by atoms with Crippen LogP contribution in [0.2, 0.25) is 0 Å². The third-order valence-electron chi connectivity index (χ3n) is 3.18. The maximum Gasteiger partial charge on any atom is 0.460 e. The van der Waals surface area contributed by atoms with Gasteiger partial charge in [-0.15, -0.1) is 0 Å². The van der Waals surface area contributed by atoms with Gasteiger partial charge in [0.2, 0.25) is 0 Å². The lowest BCUT2D eigenvalue weighted by Crippen LogP contribution is -2.50. The van der Waals surface area contributed by atoms with E-state index in [1.807, 2.05) is 0 Å². The third kappa shape index (κ3) is 2.26. The minimum Gasteiger partial charge on any atom is -0.496 e. The van der Waals surface area contributed by atoms with Crippen molar-refractivity contribution in [3.8, 4) is 5.75 Å². The second-order valence-electron chi connectivity index (χ2n) is 4.51. The van der Waals surface area contributed by atoms with Crippen molar-refractivity contribution >= 4 is 10.8 Å². The van der Waals surface area contributed by atoms with E-state index >= 15 is 0 Å². The van der Waals surface area contributed by atoms with Crippen molar-refractivity contribution in [2.45, 2.75) is 18.0 Å². The molecule has 0 aliphatic heterocycles. The van der Waals surface area contributed by atoms with Gasteiger partial charge in [-0.25, -0.2) is 0 Å². The number of hydrogen-bond acceptors (Lipinski definition) is 1. The molecule has 0 radical (unpaired) electrons. The Labute approximate surface area is 120 Å². The van der Waals surface area contributed by atoms with Gasteiger partial charge in [0.15, 0.2) is 0 Å². The first kappa shape index (κ1) is 16.4. The first-order valence-corrected chi connectivity index (χ1v) is 5.92. The molecule has 0 unspecified atom stereocenters. The largest absolute Gasteiger partial charge is 0.496 e. The minimum absolute atomic E-state index is 0.0935. The van der Waals surface area contributed by atoms with E-state index < -0.39 is 34.7 Å². The Morgan fingerprint density at radius 1 is 0.818 bits per heavy atom. The van der Waals surface area contributed by atoms with Gasteiger partial charge in [-0.3, -0.25) is 0 Å². The summed E-state index contributed by atoms with van der Waals surface area (Å²) in [6.07, 6.45) is -6.40. The van der Waals surface area contributed by atoms with E-state index in [9.17, 15) is 30.7 Å². The monoisotopic (exact) mass is 326 g/mol. The smallest absolute Gasteiger partial charge is 0.460 e. The van der Waals surface area contributed by atoms with Crippen LogP contribution in [0.3, 0.4) is 0 Å². The van der Waals surface area contributed by atoms with Crippen LogP contribution < -0.4 is 4.74 Å². The second kappa shape index (κ2) is 5.03. The maximum absolute atomic E-state index is 14.1. The van der Waals surface area contributed by atoms with Crippen LogP contribution in [-0.2, 0) is 5.92 Å². The molecule has 22 heavy (non-hydrogen) atoms. The summed E-state index contributed by atoms with van der Waals surface area (Å²) < 4.78 is 96.4. The highest BCUT2D eigenvalue weighted by atomic mass is 19.4. The predicted molar refractivity (Wildman–Crippen MR) is 65.4 cm³/mol. The maximum atomic E-state index is 14.1. The average Bonchev–Trinajstić information content (AvgIpc) is 2.44. The Balaban J connectivity index is 2.82. The number of alkyl halides is 7. The fourth-order valence-electron chi connectivity index (χ4n) is 2.08. The molecule has 2 aromatic rings. The van der Waals surface area contributed by atoms with Crippen molar-refractivity contribution in [3.63, 3.8) is 0 Å². The first-order chi connectivity index (χ1) is 10.0. The number of rotatable bonds is 3. The molecule has 120 valence electrons. The van der Waals surface area contributed by atoms with E-state index in [0.29, 0.717) is 0 Å². The highest BCUT2D eigenvalue weighted by molar-refractivity contribution is 5.88. The van der Waals surface area contributed by atoms with Gasteiger partial charge in [0.25, 0.3) is 0 Å². The molecule has 0 saturated heterocycles. The van der Waals surface area contributed by atoms with Crippen molar-refractivity contribution < 1.29 is 35.5 Å².